The first-order valence-electron chi connectivity index (χ1n) is 7.43. The van der Waals surface area contributed by atoms with E-state index in [1.165, 1.54) is 12.1 Å². The number of rotatable bonds is 5. The normalized spacial score (nSPS) is 14.0. The van der Waals surface area contributed by atoms with E-state index in [1.807, 2.05) is 0 Å². The van der Waals surface area contributed by atoms with Crippen molar-refractivity contribution in [2.75, 3.05) is 12.4 Å². The van der Waals surface area contributed by atoms with Gasteiger partial charge in [0.05, 0.1) is 13.3 Å². The summed E-state index contributed by atoms with van der Waals surface area (Å²) in [6.45, 7) is 0. The molecule has 2 aromatic rings. The van der Waals surface area contributed by atoms with Gasteiger partial charge in [0.25, 0.3) is 0 Å². The second kappa shape index (κ2) is 6.60. The predicted molar refractivity (Wildman–Crippen MR) is 86.8 cm³/mol. The van der Waals surface area contributed by atoms with Crippen molar-refractivity contribution in [3.8, 4) is 5.75 Å². The van der Waals surface area contributed by atoms with Crippen LogP contribution in [0, 0.1) is 5.82 Å². The Bertz CT molecular complexity index is 754. The van der Waals surface area contributed by atoms with Crippen LogP contribution in [-0.2, 0) is 4.79 Å². The minimum atomic E-state index is -0.277. The Labute approximate surface area is 134 Å². The van der Waals surface area contributed by atoms with Crippen molar-refractivity contribution in [2.45, 2.75) is 18.8 Å². The average molecular weight is 312 g/mol. The zero-order valence-electron chi connectivity index (χ0n) is 12.8. The number of ether oxygens (including phenoxy) is 1. The van der Waals surface area contributed by atoms with E-state index in [-0.39, 0.29) is 11.7 Å². The molecule has 0 radical (unpaired) electrons. The zero-order valence-corrected chi connectivity index (χ0v) is 12.8. The van der Waals surface area contributed by atoms with Crippen molar-refractivity contribution in [1.82, 2.24) is 4.98 Å². The maximum absolute atomic E-state index is 13.7. The Balaban J connectivity index is 1.67. The highest BCUT2D eigenvalue weighted by molar-refractivity contribution is 6.01. The molecule has 4 nitrogen and oxygen atoms in total. The van der Waals surface area contributed by atoms with E-state index < -0.39 is 0 Å². The molecule has 1 saturated carbocycles. The Kier molecular flexibility index (Phi) is 4.37. The quantitative estimate of drug-likeness (QED) is 0.855. The number of anilines is 1. The Hall–Kier alpha value is -2.69. The molecule has 0 bridgehead atoms. The lowest BCUT2D eigenvalue weighted by atomic mass is 10.1. The lowest BCUT2D eigenvalue weighted by Crippen LogP contribution is -2.08. The van der Waals surface area contributed by atoms with Gasteiger partial charge in [-0.1, -0.05) is 0 Å². The lowest BCUT2D eigenvalue weighted by Gasteiger charge is -2.06. The number of halogens is 1. The molecule has 1 aliphatic rings. The van der Waals surface area contributed by atoms with Gasteiger partial charge in [-0.15, -0.1) is 0 Å². The number of carbonyl (C=O) groups excluding carboxylic acids is 1. The van der Waals surface area contributed by atoms with E-state index in [4.69, 9.17) is 4.74 Å². The van der Waals surface area contributed by atoms with Gasteiger partial charge in [0.1, 0.15) is 11.6 Å². The number of pyridine rings is 1. The predicted octanol–water partition coefficient (Wildman–Crippen LogP) is 3.76. The fourth-order valence-electron chi connectivity index (χ4n) is 2.32. The van der Waals surface area contributed by atoms with Gasteiger partial charge in [-0.2, -0.15) is 0 Å². The number of nitrogens with zero attached hydrogens (tertiary/aromatic N) is 1. The molecule has 0 atom stereocenters. The molecule has 3 rings (SSSR count). The van der Waals surface area contributed by atoms with Crippen molar-refractivity contribution in [3.05, 3.63) is 59.7 Å². The molecule has 1 amide bonds. The van der Waals surface area contributed by atoms with E-state index in [1.54, 1.807) is 43.8 Å². The Morgan fingerprint density at radius 1 is 1.35 bits per heavy atom. The van der Waals surface area contributed by atoms with Gasteiger partial charge >= 0.3 is 0 Å². The maximum atomic E-state index is 13.7. The molecular weight excluding hydrogens is 295 g/mol. The van der Waals surface area contributed by atoms with Gasteiger partial charge in [-0.05, 0) is 60.2 Å². The molecule has 0 spiro atoms. The van der Waals surface area contributed by atoms with Crippen LogP contribution in [0.15, 0.2) is 42.7 Å². The summed E-state index contributed by atoms with van der Waals surface area (Å²) >= 11 is 0. The van der Waals surface area contributed by atoms with E-state index in [9.17, 15) is 9.18 Å². The molecular formula is C18H17FN2O2. The van der Waals surface area contributed by atoms with Gasteiger partial charge in [-0.25, -0.2) is 4.39 Å². The number of amides is 1. The van der Waals surface area contributed by atoms with Gasteiger partial charge in [0.15, 0.2) is 0 Å². The number of nitrogens with one attached hydrogen (secondary N) is 1. The summed E-state index contributed by atoms with van der Waals surface area (Å²) in [5.74, 6) is 0.440. The molecule has 1 fully saturated rings. The molecule has 23 heavy (non-hydrogen) atoms. The first-order valence-corrected chi connectivity index (χ1v) is 7.43. The first-order chi connectivity index (χ1) is 11.2. The second-order valence-corrected chi connectivity index (χ2v) is 5.49. The third-order valence-corrected chi connectivity index (χ3v) is 3.68. The SMILES string of the molecule is COc1cncc(/C=C/C(=O)Nc2ccc(F)c(C3CC3)c2)c1. The fourth-order valence-corrected chi connectivity index (χ4v) is 2.32. The van der Waals surface area contributed by atoms with Crippen LogP contribution in [0.4, 0.5) is 10.1 Å². The maximum Gasteiger partial charge on any atom is 0.248 e. The van der Waals surface area contributed by atoms with Gasteiger partial charge in [-0.3, -0.25) is 9.78 Å². The second-order valence-electron chi connectivity index (χ2n) is 5.49. The van der Waals surface area contributed by atoms with Gasteiger partial charge < -0.3 is 10.1 Å². The standard InChI is InChI=1S/C18H17FN2O2/c1-23-15-8-12(10-20-11-15)2-7-18(22)21-14-5-6-17(19)16(9-14)13-3-4-13/h2,5-11,13H,3-4H2,1H3,(H,21,22)/b7-2+. The summed E-state index contributed by atoms with van der Waals surface area (Å²) in [6, 6.07) is 6.46. The number of benzene rings is 1. The van der Waals surface area contributed by atoms with Crippen molar-refractivity contribution < 1.29 is 13.9 Å². The molecule has 1 heterocycles. The van der Waals surface area contributed by atoms with E-state index in [0.717, 1.165) is 18.4 Å². The number of hydrogen-bond donors (Lipinski definition) is 1. The number of aromatic nitrogens is 1. The average Bonchev–Trinajstić information content (AvgIpc) is 3.40. The van der Waals surface area contributed by atoms with Gasteiger partial charge in [0.2, 0.25) is 5.91 Å². The monoisotopic (exact) mass is 312 g/mol. The highest BCUT2D eigenvalue weighted by Crippen LogP contribution is 2.42. The highest BCUT2D eigenvalue weighted by atomic mass is 19.1. The van der Waals surface area contributed by atoms with Crippen LogP contribution in [0.3, 0.4) is 0 Å². The number of hydrogen-bond acceptors (Lipinski definition) is 3. The Morgan fingerprint density at radius 3 is 2.91 bits per heavy atom. The van der Waals surface area contributed by atoms with Crippen LogP contribution in [0.2, 0.25) is 0 Å². The van der Waals surface area contributed by atoms with E-state index in [2.05, 4.69) is 10.3 Å². The lowest BCUT2D eigenvalue weighted by molar-refractivity contribution is -0.111. The minimum absolute atomic E-state index is 0.205. The molecule has 0 saturated heterocycles. The summed E-state index contributed by atoms with van der Waals surface area (Å²) in [6.07, 6.45) is 8.31. The van der Waals surface area contributed by atoms with E-state index in [0.29, 0.717) is 22.9 Å². The van der Waals surface area contributed by atoms with Crippen LogP contribution >= 0.6 is 0 Å². The summed E-state index contributed by atoms with van der Waals surface area (Å²) in [7, 11) is 1.56. The summed E-state index contributed by atoms with van der Waals surface area (Å²) in [4.78, 5) is 16.0. The smallest absolute Gasteiger partial charge is 0.248 e. The van der Waals surface area contributed by atoms with Gasteiger partial charge in [0, 0.05) is 18.0 Å². The highest BCUT2D eigenvalue weighted by Gasteiger charge is 2.26. The van der Waals surface area contributed by atoms with Crippen LogP contribution in [-0.4, -0.2) is 18.0 Å². The van der Waals surface area contributed by atoms with Crippen molar-refractivity contribution >= 4 is 17.7 Å². The third kappa shape index (κ3) is 3.94. The van der Waals surface area contributed by atoms with E-state index >= 15 is 0 Å². The number of methoxy groups -OCH3 is 1. The third-order valence-electron chi connectivity index (χ3n) is 3.68. The molecule has 1 aromatic carbocycles. The van der Waals surface area contributed by atoms with Crippen molar-refractivity contribution in [3.63, 3.8) is 0 Å². The molecule has 118 valence electrons. The topological polar surface area (TPSA) is 51.2 Å². The van der Waals surface area contributed by atoms with Crippen LogP contribution in [0.1, 0.15) is 29.9 Å². The number of carbonyl (C=O) groups is 1. The molecule has 1 N–H and O–H groups in total. The zero-order chi connectivity index (χ0) is 16.2. The fraction of sp³-hybridized carbons (Fsp3) is 0.222. The Morgan fingerprint density at radius 2 is 2.17 bits per heavy atom. The van der Waals surface area contributed by atoms with Crippen molar-refractivity contribution in [2.24, 2.45) is 0 Å². The van der Waals surface area contributed by atoms with Crippen molar-refractivity contribution in [1.29, 1.82) is 0 Å². The van der Waals surface area contributed by atoms with Crippen LogP contribution in [0.25, 0.3) is 6.08 Å². The van der Waals surface area contributed by atoms with Crippen LogP contribution < -0.4 is 10.1 Å². The molecule has 1 aliphatic carbocycles. The molecule has 5 heteroatoms. The largest absolute Gasteiger partial charge is 0.495 e. The molecule has 0 unspecified atom stereocenters. The summed E-state index contributed by atoms with van der Waals surface area (Å²) in [5.41, 5.74) is 2.05. The molecule has 0 aliphatic heterocycles. The summed E-state index contributed by atoms with van der Waals surface area (Å²) < 4.78 is 18.8. The summed E-state index contributed by atoms with van der Waals surface area (Å²) in [5, 5.41) is 2.75. The first kappa shape index (κ1) is 15.2. The molecule has 1 aromatic heterocycles. The minimum Gasteiger partial charge on any atom is -0.495 e. The van der Waals surface area contributed by atoms with Crippen LogP contribution in [0.5, 0.6) is 5.75 Å².